The van der Waals surface area contributed by atoms with Gasteiger partial charge in [-0.3, -0.25) is 0 Å². The van der Waals surface area contributed by atoms with E-state index in [1.807, 2.05) is 0 Å². The summed E-state index contributed by atoms with van der Waals surface area (Å²) in [6, 6.07) is 3.97. The largest absolute Gasteiger partial charge is 0.432 e. The van der Waals surface area contributed by atoms with Crippen LogP contribution in [0.2, 0.25) is 0 Å². The van der Waals surface area contributed by atoms with E-state index < -0.39 is 24.5 Å². The van der Waals surface area contributed by atoms with E-state index in [4.69, 9.17) is 18.9 Å². The fourth-order valence-corrected chi connectivity index (χ4v) is 3.74. The van der Waals surface area contributed by atoms with Crippen LogP contribution in [0, 0.1) is 17.7 Å². The summed E-state index contributed by atoms with van der Waals surface area (Å²) in [5, 5.41) is 0. The van der Waals surface area contributed by atoms with Gasteiger partial charge in [0.2, 0.25) is 0 Å². The van der Waals surface area contributed by atoms with Crippen LogP contribution >= 0.6 is 0 Å². The predicted molar refractivity (Wildman–Crippen MR) is 104 cm³/mol. The normalized spacial score (nSPS) is 27.4. The number of unbranched alkanes of at least 4 members (excludes halogenated alkanes) is 2. The van der Waals surface area contributed by atoms with Crippen LogP contribution < -0.4 is 4.74 Å². The van der Waals surface area contributed by atoms with Crippen LogP contribution in [0.5, 0.6) is 5.75 Å². The smallest absolute Gasteiger partial charge is 0.387 e. The van der Waals surface area contributed by atoms with Crippen LogP contribution in [0.3, 0.4) is 0 Å². The first kappa shape index (κ1) is 23.3. The van der Waals surface area contributed by atoms with Crippen LogP contribution in [0.1, 0.15) is 44.6 Å². The SMILES string of the molecule is CCCCCC1COC(C2COC(CCc3ccc(OC(F)F)c(F)c3)OC2)OC1. The monoisotopic (exact) mass is 432 g/mol. The molecule has 0 unspecified atom stereocenters. The molecule has 0 bridgehead atoms. The number of rotatable bonds is 10. The minimum Gasteiger partial charge on any atom is -0.432 e. The van der Waals surface area contributed by atoms with E-state index in [1.165, 1.54) is 31.4 Å². The van der Waals surface area contributed by atoms with E-state index in [9.17, 15) is 13.2 Å². The number of aryl methyl sites for hydroxylation is 1. The summed E-state index contributed by atoms with van der Waals surface area (Å²) in [5.74, 6) is -0.773. The van der Waals surface area contributed by atoms with Crippen molar-refractivity contribution in [1.82, 2.24) is 0 Å². The first-order valence-corrected chi connectivity index (χ1v) is 10.7. The molecule has 8 heteroatoms. The van der Waals surface area contributed by atoms with E-state index in [0.717, 1.165) is 6.42 Å². The Morgan fingerprint density at radius 3 is 2.37 bits per heavy atom. The second kappa shape index (κ2) is 11.9. The molecule has 2 aliphatic heterocycles. The van der Waals surface area contributed by atoms with Gasteiger partial charge < -0.3 is 23.7 Å². The Labute approximate surface area is 175 Å². The summed E-state index contributed by atoms with van der Waals surface area (Å²) >= 11 is 0. The fraction of sp³-hybridized carbons (Fsp3) is 0.727. The van der Waals surface area contributed by atoms with Crippen molar-refractivity contribution >= 4 is 0 Å². The van der Waals surface area contributed by atoms with Crippen molar-refractivity contribution < 1.29 is 36.9 Å². The average molecular weight is 432 g/mol. The molecule has 30 heavy (non-hydrogen) atoms. The fourth-order valence-electron chi connectivity index (χ4n) is 3.74. The van der Waals surface area contributed by atoms with Gasteiger partial charge in [0, 0.05) is 12.3 Å². The van der Waals surface area contributed by atoms with Crippen LogP contribution in [0.25, 0.3) is 0 Å². The lowest BCUT2D eigenvalue weighted by Crippen LogP contribution is -2.44. The number of ether oxygens (including phenoxy) is 5. The quantitative estimate of drug-likeness (QED) is 0.491. The van der Waals surface area contributed by atoms with E-state index in [1.54, 1.807) is 6.07 Å². The second-order valence-corrected chi connectivity index (χ2v) is 7.94. The standard InChI is InChI=1S/C22H31F3O5/c1-2-3-4-5-16-11-28-21(29-12-16)17-13-26-20(27-14-17)9-7-15-6-8-19(18(23)10-15)30-22(24)25/h6,8,10,16-17,20-22H,2-5,7,9,11-14H2,1H3. The molecule has 0 saturated carbocycles. The minimum absolute atomic E-state index is 0.0288. The van der Waals surface area contributed by atoms with Crippen LogP contribution in [-0.2, 0) is 25.4 Å². The molecule has 0 radical (unpaired) electrons. The molecule has 0 N–H and O–H groups in total. The zero-order valence-corrected chi connectivity index (χ0v) is 17.4. The van der Waals surface area contributed by atoms with Gasteiger partial charge in [0.25, 0.3) is 0 Å². The van der Waals surface area contributed by atoms with Gasteiger partial charge in [-0.2, -0.15) is 8.78 Å². The zero-order chi connectivity index (χ0) is 21.3. The maximum atomic E-state index is 13.8. The molecule has 5 nitrogen and oxygen atoms in total. The number of hydrogen-bond acceptors (Lipinski definition) is 5. The highest BCUT2D eigenvalue weighted by molar-refractivity contribution is 5.29. The van der Waals surface area contributed by atoms with Gasteiger partial charge in [-0.05, 0) is 30.5 Å². The summed E-state index contributed by atoms with van der Waals surface area (Å²) in [6.45, 7) is 1.53. The van der Waals surface area contributed by atoms with E-state index >= 15 is 0 Å². The molecule has 0 amide bonds. The minimum atomic E-state index is -3.05. The predicted octanol–water partition coefficient (Wildman–Crippen LogP) is 4.92. The van der Waals surface area contributed by atoms with Crippen LogP contribution in [-0.4, -0.2) is 45.6 Å². The van der Waals surface area contributed by atoms with Gasteiger partial charge in [0.1, 0.15) is 0 Å². The maximum Gasteiger partial charge on any atom is 0.387 e. The van der Waals surface area contributed by atoms with Gasteiger partial charge in [-0.25, -0.2) is 4.39 Å². The molecular formula is C22H31F3O5. The molecule has 0 spiro atoms. The topological polar surface area (TPSA) is 46.2 Å². The van der Waals surface area contributed by atoms with Gasteiger partial charge in [0.15, 0.2) is 24.1 Å². The van der Waals surface area contributed by atoms with Crippen molar-refractivity contribution in [1.29, 1.82) is 0 Å². The van der Waals surface area contributed by atoms with Gasteiger partial charge in [-0.1, -0.05) is 32.3 Å². The first-order valence-electron chi connectivity index (χ1n) is 10.7. The Balaban J connectivity index is 1.35. The highest BCUT2D eigenvalue weighted by Gasteiger charge is 2.33. The number of halogens is 3. The summed E-state index contributed by atoms with van der Waals surface area (Å²) < 4.78 is 65.6. The van der Waals surface area contributed by atoms with Crippen molar-refractivity contribution in [3.63, 3.8) is 0 Å². The Kier molecular flexibility index (Phi) is 9.24. The van der Waals surface area contributed by atoms with Crippen LogP contribution in [0.15, 0.2) is 18.2 Å². The average Bonchev–Trinajstić information content (AvgIpc) is 2.75. The van der Waals surface area contributed by atoms with Gasteiger partial charge in [-0.15, -0.1) is 0 Å². The van der Waals surface area contributed by atoms with Crippen molar-refractivity contribution in [2.24, 2.45) is 11.8 Å². The summed E-state index contributed by atoms with van der Waals surface area (Å²) in [4.78, 5) is 0. The van der Waals surface area contributed by atoms with E-state index in [2.05, 4.69) is 11.7 Å². The van der Waals surface area contributed by atoms with Gasteiger partial charge in [0.05, 0.1) is 32.3 Å². The third-order valence-corrected chi connectivity index (χ3v) is 5.47. The molecule has 0 aromatic heterocycles. The molecule has 1 aromatic carbocycles. The van der Waals surface area contributed by atoms with Crippen molar-refractivity contribution in [2.75, 3.05) is 26.4 Å². The lowest BCUT2D eigenvalue weighted by Gasteiger charge is -2.37. The Morgan fingerprint density at radius 2 is 1.73 bits per heavy atom. The zero-order valence-electron chi connectivity index (χ0n) is 17.4. The Bertz CT molecular complexity index is 629. The third kappa shape index (κ3) is 7.11. The second-order valence-electron chi connectivity index (χ2n) is 7.94. The van der Waals surface area contributed by atoms with Crippen LogP contribution in [0.4, 0.5) is 13.2 Å². The first-order chi connectivity index (χ1) is 14.5. The maximum absolute atomic E-state index is 13.8. The van der Waals surface area contributed by atoms with Gasteiger partial charge >= 0.3 is 6.61 Å². The van der Waals surface area contributed by atoms with Crippen molar-refractivity contribution in [3.8, 4) is 5.75 Å². The van der Waals surface area contributed by atoms with E-state index in [-0.39, 0.29) is 12.2 Å². The number of hydrogen-bond donors (Lipinski definition) is 0. The number of alkyl halides is 2. The molecule has 2 heterocycles. The Morgan fingerprint density at radius 1 is 1.00 bits per heavy atom. The molecule has 2 fully saturated rings. The molecule has 170 valence electrons. The summed E-state index contributed by atoms with van der Waals surface area (Å²) in [6.07, 6.45) is 5.13. The van der Waals surface area contributed by atoms with Crippen molar-refractivity contribution in [3.05, 3.63) is 29.6 Å². The number of benzene rings is 1. The molecule has 2 saturated heterocycles. The highest BCUT2D eigenvalue weighted by Crippen LogP contribution is 2.26. The molecule has 2 aliphatic rings. The summed E-state index contributed by atoms with van der Waals surface area (Å²) in [7, 11) is 0. The molecule has 3 rings (SSSR count). The van der Waals surface area contributed by atoms with Crippen molar-refractivity contribution in [2.45, 2.75) is 64.6 Å². The summed E-state index contributed by atoms with van der Waals surface area (Å²) in [5.41, 5.74) is 0.663. The molecule has 0 atom stereocenters. The highest BCUT2D eigenvalue weighted by atomic mass is 19.3. The molecule has 0 aliphatic carbocycles. The Hall–Kier alpha value is -1.35. The lowest BCUT2D eigenvalue weighted by atomic mass is 10.0. The molecule has 1 aromatic rings. The lowest BCUT2D eigenvalue weighted by molar-refractivity contribution is -0.281. The third-order valence-electron chi connectivity index (χ3n) is 5.47. The molecular weight excluding hydrogens is 401 g/mol. The van der Waals surface area contributed by atoms with E-state index in [0.29, 0.717) is 50.8 Å².